The fourth-order valence-electron chi connectivity index (χ4n) is 12.0. The van der Waals surface area contributed by atoms with Gasteiger partial charge in [0.2, 0.25) is 5.82 Å². The minimum atomic E-state index is -1.08. The number of hydrogen-bond acceptors (Lipinski definition) is 8. The van der Waals surface area contributed by atoms with Gasteiger partial charge in [-0.3, -0.25) is 14.4 Å². The van der Waals surface area contributed by atoms with Crippen LogP contribution in [0.25, 0.3) is 0 Å². The number of ketones is 1. The number of aromatic nitrogens is 3. The van der Waals surface area contributed by atoms with Crippen molar-refractivity contribution in [3.05, 3.63) is 23.8 Å². The third-order valence-electron chi connectivity index (χ3n) is 16.0. The van der Waals surface area contributed by atoms with Gasteiger partial charge in [-0.15, -0.1) is 0 Å². The zero-order chi connectivity index (χ0) is 37.0. The SMILES string of the molecule is CC(C)[C@@H](C)[C@@]1(C)CC[C@]2(C)[C@H]3CC[C@@H]4C5(COC[C@]4(C)[C@@H](OC[C@](C)(N)C(C)C)[C@H](n4ncnc4C(N)=O)C5)C3=CC(=O)[C@@]2(C)[C@@H]1C(=O)O. The third-order valence-corrected chi connectivity index (χ3v) is 16.0. The Bertz CT molecular complexity index is 1590. The van der Waals surface area contributed by atoms with Crippen LogP contribution in [0.3, 0.4) is 0 Å². The van der Waals surface area contributed by atoms with Gasteiger partial charge in [0.1, 0.15) is 6.33 Å². The number of carboxylic acid groups (broad SMARTS) is 1. The maximum absolute atomic E-state index is 15.0. The standard InChI is InChI=1S/C39H61N5O6/c1-21(2)23(5)34(6)13-14-36(8)24-11-12-27-35(7)17-49-19-39(27,25(24)15-28(45)38(36,10)29(34)33(47)48)16-26(44-32(31(40)46)42-20-43-44)30(35)50-18-37(9,41)22(3)4/h15,20-24,26-27,29-30H,11-14,16-19,41H2,1-10H3,(H2,40,46)(H,47,48)/t23-,24+,26-,27+,29-,30+,34-,35+,36-,37+,38+,39?/m1/s1. The average molecular weight is 696 g/mol. The molecule has 0 spiro atoms. The van der Waals surface area contributed by atoms with Crippen LogP contribution in [0.2, 0.25) is 0 Å². The van der Waals surface area contributed by atoms with Crippen LogP contribution in [0.1, 0.15) is 118 Å². The number of ether oxygens (including phenoxy) is 2. The first-order valence-electron chi connectivity index (χ1n) is 18.8. The Morgan fingerprint density at radius 1 is 1.12 bits per heavy atom. The first-order chi connectivity index (χ1) is 23.1. The van der Waals surface area contributed by atoms with E-state index in [-0.39, 0.29) is 41.2 Å². The van der Waals surface area contributed by atoms with Crippen molar-refractivity contribution >= 4 is 17.7 Å². The molecule has 5 aliphatic rings. The molecular weight excluding hydrogens is 634 g/mol. The molecule has 2 heterocycles. The van der Waals surface area contributed by atoms with E-state index in [1.807, 2.05) is 19.9 Å². The number of primary amides is 1. The van der Waals surface area contributed by atoms with Crippen LogP contribution in [0.4, 0.5) is 0 Å². The van der Waals surface area contributed by atoms with Gasteiger partial charge in [0, 0.05) is 21.8 Å². The Morgan fingerprint density at radius 2 is 1.80 bits per heavy atom. The topological polar surface area (TPSA) is 173 Å². The largest absolute Gasteiger partial charge is 0.481 e. The number of nitrogens with zero attached hydrogens (tertiary/aromatic N) is 3. The number of nitrogens with two attached hydrogens (primary N) is 2. The number of aliphatic carboxylic acids is 1. The zero-order valence-corrected chi connectivity index (χ0v) is 31.9. The molecule has 5 N–H and O–H groups in total. The predicted octanol–water partition coefficient (Wildman–Crippen LogP) is 5.44. The number of carbonyl (C=O) groups excluding carboxylic acids is 2. The van der Waals surface area contributed by atoms with Crippen molar-refractivity contribution in [1.82, 2.24) is 14.8 Å². The summed E-state index contributed by atoms with van der Waals surface area (Å²) in [5, 5.41) is 15.6. The fourth-order valence-corrected chi connectivity index (χ4v) is 12.0. The van der Waals surface area contributed by atoms with Crippen molar-refractivity contribution in [1.29, 1.82) is 0 Å². The van der Waals surface area contributed by atoms with E-state index < -0.39 is 62.6 Å². The summed E-state index contributed by atoms with van der Waals surface area (Å²) in [5.74, 6) is -1.74. The second-order valence-electron chi connectivity index (χ2n) is 18.8. The zero-order valence-electron chi connectivity index (χ0n) is 31.9. The lowest BCUT2D eigenvalue weighted by Gasteiger charge is -2.70. The molecule has 1 amide bonds. The van der Waals surface area contributed by atoms with Crippen LogP contribution in [-0.2, 0) is 19.1 Å². The molecule has 4 fully saturated rings. The summed E-state index contributed by atoms with van der Waals surface area (Å²) >= 11 is 0. The molecule has 12 atom stereocenters. The molecule has 11 heteroatoms. The number of carbonyl (C=O) groups is 3. The molecule has 1 aliphatic heterocycles. The highest BCUT2D eigenvalue weighted by Crippen LogP contribution is 2.74. The molecular formula is C39H61N5O6. The maximum Gasteiger partial charge on any atom is 0.308 e. The molecule has 6 rings (SSSR count). The average Bonchev–Trinajstić information content (AvgIpc) is 3.52. The predicted molar refractivity (Wildman–Crippen MR) is 189 cm³/mol. The van der Waals surface area contributed by atoms with Crippen molar-refractivity contribution in [2.24, 2.45) is 74.0 Å². The Balaban J connectivity index is 1.51. The molecule has 1 unspecified atom stereocenters. The number of fused-ring (bicyclic) bond motifs is 3. The Morgan fingerprint density at radius 3 is 2.40 bits per heavy atom. The molecule has 0 radical (unpaired) electrons. The minimum absolute atomic E-state index is 0.00842. The summed E-state index contributed by atoms with van der Waals surface area (Å²) in [6.45, 7) is 22.2. The summed E-state index contributed by atoms with van der Waals surface area (Å²) < 4.78 is 15.1. The van der Waals surface area contributed by atoms with E-state index in [1.54, 1.807) is 4.68 Å². The first-order valence-corrected chi connectivity index (χ1v) is 18.8. The van der Waals surface area contributed by atoms with Crippen LogP contribution in [0.5, 0.6) is 0 Å². The fraction of sp³-hybridized carbons (Fsp3) is 0.821. The highest BCUT2D eigenvalue weighted by molar-refractivity contribution is 6.00. The third kappa shape index (κ3) is 4.87. The van der Waals surface area contributed by atoms with Gasteiger partial charge in [-0.2, -0.15) is 5.10 Å². The van der Waals surface area contributed by atoms with E-state index >= 15 is 4.79 Å². The Kier molecular flexibility index (Phi) is 8.88. The molecule has 11 nitrogen and oxygen atoms in total. The second-order valence-corrected chi connectivity index (χ2v) is 18.8. The van der Waals surface area contributed by atoms with E-state index in [4.69, 9.17) is 20.9 Å². The lowest BCUT2D eigenvalue weighted by molar-refractivity contribution is -0.251. The summed E-state index contributed by atoms with van der Waals surface area (Å²) in [4.78, 5) is 45.4. The van der Waals surface area contributed by atoms with Gasteiger partial charge in [-0.25, -0.2) is 9.67 Å². The number of carboxylic acids is 1. The lowest BCUT2D eigenvalue weighted by atomic mass is 9.34. The Hall–Kier alpha value is -2.63. The van der Waals surface area contributed by atoms with Crippen LogP contribution in [-0.4, -0.2) is 69.0 Å². The van der Waals surface area contributed by atoms with Gasteiger partial charge in [0.05, 0.1) is 37.9 Å². The highest BCUT2D eigenvalue weighted by atomic mass is 16.5. The number of hydrogen-bond donors (Lipinski definition) is 3. The van der Waals surface area contributed by atoms with E-state index in [2.05, 4.69) is 65.5 Å². The minimum Gasteiger partial charge on any atom is -0.481 e. The molecule has 1 aromatic rings. The van der Waals surface area contributed by atoms with E-state index in [1.165, 1.54) is 6.33 Å². The van der Waals surface area contributed by atoms with Gasteiger partial charge in [-0.1, -0.05) is 67.9 Å². The summed E-state index contributed by atoms with van der Waals surface area (Å²) in [7, 11) is 0. The van der Waals surface area contributed by atoms with E-state index in [9.17, 15) is 14.7 Å². The lowest BCUT2D eigenvalue weighted by Crippen LogP contribution is -2.70. The quantitative estimate of drug-likeness (QED) is 0.304. The van der Waals surface area contributed by atoms with Crippen molar-refractivity contribution in [3.8, 4) is 0 Å². The van der Waals surface area contributed by atoms with Crippen LogP contribution < -0.4 is 11.5 Å². The number of amides is 1. The number of allylic oxidation sites excluding steroid dienone is 1. The van der Waals surface area contributed by atoms with E-state index in [0.717, 1.165) is 31.3 Å². The summed E-state index contributed by atoms with van der Waals surface area (Å²) in [6, 6.07) is -0.433. The second kappa shape index (κ2) is 12.0. The summed E-state index contributed by atoms with van der Waals surface area (Å²) in [6.07, 6.45) is 6.53. The smallest absolute Gasteiger partial charge is 0.308 e. The van der Waals surface area contributed by atoms with Gasteiger partial charge in [0.15, 0.2) is 5.78 Å². The summed E-state index contributed by atoms with van der Waals surface area (Å²) in [5.41, 5.74) is 9.79. The molecule has 50 heavy (non-hydrogen) atoms. The van der Waals surface area contributed by atoms with Crippen molar-refractivity contribution in [3.63, 3.8) is 0 Å². The molecule has 278 valence electrons. The molecule has 3 saturated carbocycles. The first kappa shape index (κ1) is 37.1. The van der Waals surface area contributed by atoms with Gasteiger partial charge >= 0.3 is 5.97 Å². The van der Waals surface area contributed by atoms with Gasteiger partial charge in [0.25, 0.3) is 5.91 Å². The van der Waals surface area contributed by atoms with Crippen LogP contribution >= 0.6 is 0 Å². The number of rotatable bonds is 9. The van der Waals surface area contributed by atoms with Crippen LogP contribution in [0.15, 0.2) is 18.0 Å². The van der Waals surface area contributed by atoms with Crippen molar-refractivity contribution in [2.75, 3.05) is 19.8 Å². The monoisotopic (exact) mass is 695 g/mol. The van der Waals surface area contributed by atoms with Crippen LogP contribution in [0, 0.1) is 62.6 Å². The molecule has 2 bridgehead atoms. The molecule has 1 aromatic heterocycles. The van der Waals surface area contributed by atoms with Crippen molar-refractivity contribution in [2.45, 2.75) is 119 Å². The van der Waals surface area contributed by atoms with E-state index in [0.29, 0.717) is 26.2 Å². The van der Waals surface area contributed by atoms with Gasteiger partial charge < -0.3 is 26.0 Å². The molecule has 0 aromatic carbocycles. The van der Waals surface area contributed by atoms with Gasteiger partial charge in [-0.05, 0) is 85.5 Å². The highest BCUT2D eigenvalue weighted by Gasteiger charge is 2.74. The maximum atomic E-state index is 15.0. The van der Waals surface area contributed by atoms with Crippen molar-refractivity contribution < 1.29 is 29.0 Å². The Labute approximate surface area is 297 Å². The molecule has 1 saturated heterocycles. The normalized spacial score (nSPS) is 42.9. The molecule has 4 aliphatic carbocycles.